The minimum atomic E-state index is -0.211. The predicted molar refractivity (Wildman–Crippen MR) is 70.1 cm³/mol. The molecule has 1 heterocycles. The van der Waals surface area contributed by atoms with Gasteiger partial charge in [0, 0.05) is 12.1 Å². The third-order valence-corrected chi connectivity index (χ3v) is 3.13. The van der Waals surface area contributed by atoms with Gasteiger partial charge in [0.05, 0.1) is 6.54 Å². The topological polar surface area (TPSA) is 20.3 Å². The molecule has 0 bridgehead atoms. The molecule has 0 atom stereocenters. The van der Waals surface area contributed by atoms with E-state index in [-0.39, 0.29) is 18.3 Å². The van der Waals surface area contributed by atoms with Crippen molar-refractivity contribution < 1.29 is 9.18 Å². The Morgan fingerprint density at radius 2 is 2.06 bits per heavy atom. The van der Waals surface area contributed by atoms with Crippen LogP contribution >= 0.6 is 0 Å². The molecule has 2 nitrogen and oxygen atoms in total. The van der Waals surface area contributed by atoms with E-state index >= 15 is 0 Å². The van der Waals surface area contributed by atoms with Crippen LogP contribution in [0.2, 0.25) is 0 Å². The van der Waals surface area contributed by atoms with Gasteiger partial charge in [0.15, 0.2) is 0 Å². The summed E-state index contributed by atoms with van der Waals surface area (Å²) >= 11 is 0. The molecule has 0 saturated carbocycles. The lowest BCUT2D eigenvalue weighted by Gasteiger charge is -2.24. The Morgan fingerprint density at radius 3 is 2.67 bits per heavy atom. The van der Waals surface area contributed by atoms with Crippen molar-refractivity contribution in [1.82, 2.24) is 4.90 Å². The van der Waals surface area contributed by atoms with E-state index in [1.54, 1.807) is 11.0 Å². The SMILES string of the molecule is CCCc1ccc(C(=O)N2CCC=C(F)C2)cc1. The first-order chi connectivity index (χ1) is 8.70. The number of nitrogens with zero attached hydrogens (tertiary/aromatic N) is 1. The van der Waals surface area contributed by atoms with E-state index in [2.05, 4.69) is 6.92 Å². The van der Waals surface area contributed by atoms with Gasteiger partial charge in [0.1, 0.15) is 5.83 Å². The first-order valence-electron chi connectivity index (χ1n) is 6.43. The van der Waals surface area contributed by atoms with E-state index < -0.39 is 0 Å². The van der Waals surface area contributed by atoms with Crippen molar-refractivity contribution in [2.75, 3.05) is 13.1 Å². The number of hydrogen-bond donors (Lipinski definition) is 0. The highest BCUT2D eigenvalue weighted by atomic mass is 19.1. The van der Waals surface area contributed by atoms with Crippen LogP contribution in [0.25, 0.3) is 0 Å². The third kappa shape index (κ3) is 2.97. The van der Waals surface area contributed by atoms with Crippen LogP contribution in [0.1, 0.15) is 35.7 Å². The van der Waals surface area contributed by atoms with Crippen molar-refractivity contribution in [3.05, 3.63) is 47.3 Å². The maximum Gasteiger partial charge on any atom is 0.254 e. The standard InChI is InChI=1S/C15H18FNO/c1-2-4-12-6-8-13(9-7-12)15(18)17-10-3-5-14(16)11-17/h5-9H,2-4,10-11H2,1H3. The summed E-state index contributed by atoms with van der Waals surface area (Å²) in [5, 5.41) is 0. The molecule has 1 amide bonds. The zero-order valence-electron chi connectivity index (χ0n) is 10.7. The summed E-state index contributed by atoms with van der Waals surface area (Å²) in [7, 11) is 0. The molecule has 1 aliphatic rings. The van der Waals surface area contributed by atoms with Crippen molar-refractivity contribution in [1.29, 1.82) is 0 Å². The van der Waals surface area contributed by atoms with Gasteiger partial charge in [-0.15, -0.1) is 0 Å². The maximum atomic E-state index is 13.1. The summed E-state index contributed by atoms with van der Waals surface area (Å²) < 4.78 is 13.1. The van der Waals surface area contributed by atoms with Gasteiger partial charge in [-0.3, -0.25) is 4.79 Å². The van der Waals surface area contributed by atoms with Crippen molar-refractivity contribution in [2.45, 2.75) is 26.2 Å². The largest absolute Gasteiger partial charge is 0.332 e. The average molecular weight is 247 g/mol. The number of benzene rings is 1. The quantitative estimate of drug-likeness (QED) is 0.802. The zero-order chi connectivity index (χ0) is 13.0. The maximum absolute atomic E-state index is 13.1. The molecule has 0 N–H and O–H groups in total. The first kappa shape index (κ1) is 12.8. The molecule has 3 heteroatoms. The molecule has 18 heavy (non-hydrogen) atoms. The number of carbonyl (C=O) groups excluding carboxylic acids is 1. The monoisotopic (exact) mass is 247 g/mol. The van der Waals surface area contributed by atoms with Crippen LogP contribution < -0.4 is 0 Å². The summed E-state index contributed by atoms with van der Waals surface area (Å²) in [6.45, 7) is 2.83. The molecule has 1 aromatic rings. The molecule has 0 aromatic heterocycles. The van der Waals surface area contributed by atoms with Crippen molar-refractivity contribution in [3.63, 3.8) is 0 Å². The summed E-state index contributed by atoms with van der Waals surface area (Å²) in [5.41, 5.74) is 1.88. The number of halogens is 1. The fraction of sp³-hybridized carbons (Fsp3) is 0.400. The summed E-state index contributed by atoms with van der Waals surface area (Å²) in [6.07, 6.45) is 4.27. The fourth-order valence-electron chi connectivity index (χ4n) is 2.16. The molecular formula is C15H18FNO. The van der Waals surface area contributed by atoms with Gasteiger partial charge >= 0.3 is 0 Å². The molecule has 0 saturated heterocycles. The van der Waals surface area contributed by atoms with Crippen LogP contribution in [-0.4, -0.2) is 23.9 Å². The van der Waals surface area contributed by atoms with Crippen LogP contribution in [0.3, 0.4) is 0 Å². The molecule has 1 aliphatic heterocycles. The minimum absolute atomic E-state index is 0.0821. The van der Waals surface area contributed by atoms with Crippen LogP contribution in [0.4, 0.5) is 4.39 Å². The van der Waals surface area contributed by atoms with E-state index in [0.29, 0.717) is 18.5 Å². The Balaban J connectivity index is 2.06. The molecule has 2 rings (SSSR count). The lowest BCUT2D eigenvalue weighted by Crippen LogP contribution is -2.35. The van der Waals surface area contributed by atoms with Gasteiger partial charge in [0.25, 0.3) is 5.91 Å². The van der Waals surface area contributed by atoms with Crippen molar-refractivity contribution >= 4 is 5.91 Å². The summed E-state index contributed by atoms with van der Waals surface area (Å²) in [4.78, 5) is 13.7. The Bertz CT molecular complexity index is 450. The smallest absolute Gasteiger partial charge is 0.254 e. The van der Waals surface area contributed by atoms with E-state index in [9.17, 15) is 9.18 Å². The number of hydrogen-bond acceptors (Lipinski definition) is 1. The summed E-state index contributed by atoms with van der Waals surface area (Å²) in [5.74, 6) is -0.293. The second-order valence-corrected chi connectivity index (χ2v) is 4.61. The molecule has 96 valence electrons. The molecule has 0 unspecified atom stereocenters. The molecule has 0 fully saturated rings. The average Bonchev–Trinajstić information content (AvgIpc) is 2.39. The Labute approximate surface area is 107 Å². The minimum Gasteiger partial charge on any atom is -0.332 e. The highest BCUT2D eigenvalue weighted by Gasteiger charge is 2.19. The first-order valence-corrected chi connectivity index (χ1v) is 6.43. The lowest BCUT2D eigenvalue weighted by atomic mass is 10.1. The van der Waals surface area contributed by atoms with E-state index in [1.807, 2.05) is 24.3 Å². The number of rotatable bonds is 3. The van der Waals surface area contributed by atoms with Gasteiger partial charge < -0.3 is 4.90 Å². The Morgan fingerprint density at radius 1 is 1.33 bits per heavy atom. The van der Waals surface area contributed by atoms with Gasteiger partial charge in [-0.25, -0.2) is 4.39 Å². The van der Waals surface area contributed by atoms with Gasteiger partial charge in [-0.2, -0.15) is 0 Å². The Hall–Kier alpha value is -1.64. The van der Waals surface area contributed by atoms with E-state index in [0.717, 1.165) is 12.8 Å². The second-order valence-electron chi connectivity index (χ2n) is 4.61. The van der Waals surface area contributed by atoms with Gasteiger partial charge in [-0.1, -0.05) is 25.5 Å². The number of amides is 1. The van der Waals surface area contributed by atoms with Crippen LogP contribution in [0, 0.1) is 0 Å². The van der Waals surface area contributed by atoms with Gasteiger partial charge in [-0.05, 0) is 36.6 Å². The normalized spacial score (nSPS) is 15.4. The number of carbonyl (C=O) groups is 1. The second kappa shape index (κ2) is 5.80. The third-order valence-electron chi connectivity index (χ3n) is 3.13. The van der Waals surface area contributed by atoms with Crippen LogP contribution in [0.15, 0.2) is 36.2 Å². The fourth-order valence-corrected chi connectivity index (χ4v) is 2.16. The lowest BCUT2D eigenvalue weighted by molar-refractivity contribution is 0.0755. The van der Waals surface area contributed by atoms with Crippen molar-refractivity contribution in [3.8, 4) is 0 Å². The van der Waals surface area contributed by atoms with E-state index in [1.165, 1.54) is 5.56 Å². The van der Waals surface area contributed by atoms with Crippen LogP contribution in [0.5, 0.6) is 0 Å². The molecule has 0 spiro atoms. The predicted octanol–water partition coefficient (Wildman–Crippen LogP) is 3.34. The van der Waals surface area contributed by atoms with Gasteiger partial charge in [0.2, 0.25) is 0 Å². The zero-order valence-corrected chi connectivity index (χ0v) is 10.7. The highest BCUT2D eigenvalue weighted by Crippen LogP contribution is 2.15. The van der Waals surface area contributed by atoms with Crippen LogP contribution in [-0.2, 0) is 6.42 Å². The Kier molecular flexibility index (Phi) is 4.13. The highest BCUT2D eigenvalue weighted by molar-refractivity contribution is 5.94. The molecule has 0 aliphatic carbocycles. The molecule has 1 aromatic carbocycles. The van der Waals surface area contributed by atoms with Crippen molar-refractivity contribution in [2.24, 2.45) is 0 Å². The summed E-state index contributed by atoms with van der Waals surface area (Å²) in [6, 6.07) is 7.63. The van der Waals surface area contributed by atoms with E-state index in [4.69, 9.17) is 0 Å². The number of aryl methyl sites for hydroxylation is 1. The molecule has 0 radical (unpaired) electrons. The molecular weight excluding hydrogens is 229 g/mol.